The van der Waals surface area contributed by atoms with E-state index in [1.54, 1.807) is 0 Å². The van der Waals surface area contributed by atoms with Crippen molar-refractivity contribution in [1.29, 1.82) is 0 Å². The number of likely N-dealkylation sites (tertiary alicyclic amines) is 1. The van der Waals surface area contributed by atoms with Crippen LogP contribution in [0.1, 0.15) is 18.9 Å². The average Bonchev–Trinajstić information content (AvgIpc) is 2.76. The zero-order chi connectivity index (χ0) is 12.5. The van der Waals surface area contributed by atoms with Crippen molar-refractivity contribution in [3.63, 3.8) is 0 Å². The topological polar surface area (TPSA) is 32.7 Å². The van der Waals surface area contributed by atoms with Crippen LogP contribution in [0, 0.1) is 5.92 Å². The van der Waals surface area contributed by atoms with Crippen molar-refractivity contribution >= 4 is 0 Å². The molecule has 1 aromatic carbocycles. The van der Waals surface area contributed by atoms with Gasteiger partial charge in [-0.05, 0) is 30.5 Å². The number of aliphatic hydroxyl groups excluding tert-OH is 1. The highest BCUT2D eigenvalue weighted by Crippen LogP contribution is 2.29. The largest absolute Gasteiger partial charge is 0.488 e. The lowest BCUT2D eigenvalue weighted by atomic mass is 9.96. The molecule has 1 fully saturated rings. The van der Waals surface area contributed by atoms with Gasteiger partial charge >= 0.3 is 0 Å². The zero-order valence-corrected chi connectivity index (χ0v) is 10.9. The van der Waals surface area contributed by atoms with Crippen molar-refractivity contribution in [1.82, 2.24) is 4.90 Å². The van der Waals surface area contributed by atoms with E-state index in [1.807, 2.05) is 12.1 Å². The Morgan fingerprint density at radius 2 is 2.22 bits per heavy atom. The second-order valence-electron chi connectivity index (χ2n) is 5.64. The molecule has 0 aliphatic carbocycles. The third-order valence-electron chi connectivity index (χ3n) is 4.18. The Labute approximate surface area is 108 Å². The van der Waals surface area contributed by atoms with Crippen LogP contribution in [0.2, 0.25) is 0 Å². The van der Waals surface area contributed by atoms with Gasteiger partial charge in [0.05, 0.1) is 6.10 Å². The molecule has 0 aromatic heterocycles. The lowest BCUT2D eigenvalue weighted by Crippen LogP contribution is -2.46. The molecule has 98 valence electrons. The minimum absolute atomic E-state index is 0.178. The Morgan fingerprint density at radius 1 is 1.39 bits per heavy atom. The highest BCUT2D eigenvalue weighted by Gasteiger charge is 2.29. The molecule has 2 aliphatic rings. The van der Waals surface area contributed by atoms with Crippen LogP contribution in [0.15, 0.2) is 24.3 Å². The van der Waals surface area contributed by atoms with Gasteiger partial charge in [0, 0.05) is 19.5 Å². The van der Waals surface area contributed by atoms with Gasteiger partial charge in [0.2, 0.25) is 0 Å². The number of hydrogen-bond donors (Lipinski definition) is 1. The first kappa shape index (κ1) is 12.0. The number of fused-ring (bicyclic) bond motifs is 1. The Balaban J connectivity index is 1.57. The Kier molecular flexibility index (Phi) is 3.27. The molecular formula is C15H21NO2. The molecule has 0 amide bonds. The van der Waals surface area contributed by atoms with E-state index in [0.717, 1.165) is 38.2 Å². The van der Waals surface area contributed by atoms with E-state index < -0.39 is 0 Å². The molecule has 0 bridgehead atoms. The summed E-state index contributed by atoms with van der Waals surface area (Å²) < 4.78 is 5.95. The molecule has 3 rings (SSSR count). The number of aliphatic hydroxyl groups is 1. The summed E-state index contributed by atoms with van der Waals surface area (Å²) in [5.41, 5.74) is 1.31. The van der Waals surface area contributed by atoms with Crippen LogP contribution in [0.25, 0.3) is 0 Å². The van der Waals surface area contributed by atoms with Gasteiger partial charge in [-0.25, -0.2) is 0 Å². The fraction of sp³-hybridized carbons (Fsp3) is 0.600. The minimum atomic E-state index is -0.178. The number of rotatable bonds is 2. The van der Waals surface area contributed by atoms with E-state index in [9.17, 15) is 5.11 Å². The van der Waals surface area contributed by atoms with Crippen LogP contribution < -0.4 is 4.74 Å². The normalized spacial score (nSPS) is 32.0. The highest BCUT2D eigenvalue weighted by atomic mass is 16.5. The zero-order valence-electron chi connectivity index (χ0n) is 10.9. The van der Waals surface area contributed by atoms with Crippen molar-refractivity contribution in [2.24, 2.45) is 5.92 Å². The molecule has 3 nitrogen and oxygen atoms in total. The van der Waals surface area contributed by atoms with Crippen molar-refractivity contribution in [2.75, 3.05) is 19.6 Å². The van der Waals surface area contributed by atoms with E-state index >= 15 is 0 Å². The van der Waals surface area contributed by atoms with Crippen LogP contribution in [0.5, 0.6) is 5.75 Å². The van der Waals surface area contributed by atoms with Crippen molar-refractivity contribution in [3.05, 3.63) is 29.8 Å². The predicted octanol–water partition coefficient (Wildman–Crippen LogP) is 1.69. The molecule has 1 aromatic rings. The summed E-state index contributed by atoms with van der Waals surface area (Å²) in [6.07, 6.45) is 2.16. The van der Waals surface area contributed by atoms with Crippen molar-refractivity contribution in [2.45, 2.75) is 32.0 Å². The lowest BCUT2D eigenvalue weighted by molar-refractivity contribution is 0.0156. The van der Waals surface area contributed by atoms with Crippen LogP contribution >= 0.6 is 0 Å². The molecule has 0 radical (unpaired) electrons. The quantitative estimate of drug-likeness (QED) is 0.863. The number of β-amino-alcohol motifs (C(OH)–C–C–N with tert-alkyl or cyclic N) is 1. The van der Waals surface area contributed by atoms with Gasteiger partial charge in [-0.1, -0.05) is 25.1 Å². The smallest absolute Gasteiger partial charge is 0.123 e. The molecule has 1 saturated heterocycles. The van der Waals surface area contributed by atoms with Gasteiger partial charge in [0.15, 0.2) is 0 Å². The van der Waals surface area contributed by atoms with Gasteiger partial charge in [0.25, 0.3) is 0 Å². The van der Waals surface area contributed by atoms with E-state index in [-0.39, 0.29) is 12.2 Å². The fourth-order valence-corrected chi connectivity index (χ4v) is 2.92. The number of benzene rings is 1. The van der Waals surface area contributed by atoms with Crippen molar-refractivity contribution < 1.29 is 9.84 Å². The second kappa shape index (κ2) is 4.90. The van der Waals surface area contributed by atoms with Crippen LogP contribution in [0.3, 0.4) is 0 Å². The first-order valence-electron chi connectivity index (χ1n) is 6.87. The van der Waals surface area contributed by atoms with Gasteiger partial charge in [0.1, 0.15) is 11.9 Å². The SMILES string of the molecule is CC1CCN(CC2Cc3ccccc3O2)CC1O. The molecular weight excluding hydrogens is 226 g/mol. The van der Waals surface area contributed by atoms with E-state index in [0.29, 0.717) is 5.92 Å². The average molecular weight is 247 g/mol. The van der Waals surface area contributed by atoms with Gasteiger partial charge < -0.3 is 9.84 Å². The molecule has 3 atom stereocenters. The molecule has 0 spiro atoms. The third-order valence-corrected chi connectivity index (χ3v) is 4.18. The molecule has 1 N–H and O–H groups in total. The Hall–Kier alpha value is -1.06. The molecule has 0 saturated carbocycles. The van der Waals surface area contributed by atoms with Gasteiger partial charge in [-0.3, -0.25) is 4.90 Å². The van der Waals surface area contributed by atoms with Gasteiger partial charge in [-0.2, -0.15) is 0 Å². The number of nitrogens with zero attached hydrogens (tertiary/aromatic N) is 1. The molecule has 2 aliphatic heterocycles. The van der Waals surface area contributed by atoms with E-state index in [2.05, 4.69) is 24.0 Å². The van der Waals surface area contributed by atoms with Crippen molar-refractivity contribution in [3.8, 4) is 5.75 Å². The summed E-state index contributed by atoms with van der Waals surface area (Å²) in [6, 6.07) is 8.27. The maximum atomic E-state index is 9.91. The van der Waals surface area contributed by atoms with Crippen LogP contribution in [-0.4, -0.2) is 41.8 Å². The molecule has 18 heavy (non-hydrogen) atoms. The maximum Gasteiger partial charge on any atom is 0.123 e. The molecule has 3 unspecified atom stereocenters. The van der Waals surface area contributed by atoms with Gasteiger partial charge in [-0.15, -0.1) is 0 Å². The maximum absolute atomic E-state index is 9.91. The summed E-state index contributed by atoms with van der Waals surface area (Å²) in [6.45, 7) is 4.92. The first-order chi connectivity index (χ1) is 8.72. The lowest BCUT2D eigenvalue weighted by Gasteiger charge is -2.35. The summed E-state index contributed by atoms with van der Waals surface area (Å²) in [4.78, 5) is 2.33. The number of hydrogen-bond acceptors (Lipinski definition) is 3. The fourth-order valence-electron chi connectivity index (χ4n) is 2.92. The molecule has 3 heteroatoms. The summed E-state index contributed by atoms with van der Waals surface area (Å²) in [7, 11) is 0. The Bertz CT molecular complexity index is 396. The standard InChI is InChI=1S/C15H21NO2/c1-11-6-7-16(10-14(11)17)9-13-8-12-4-2-3-5-15(12)18-13/h2-5,11,13-14,17H,6-10H2,1H3. The Morgan fingerprint density at radius 3 is 3.00 bits per heavy atom. The minimum Gasteiger partial charge on any atom is -0.488 e. The second-order valence-corrected chi connectivity index (χ2v) is 5.64. The third kappa shape index (κ3) is 2.38. The number of para-hydroxylation sites is 1. The monoisotopic (exact) mass is 247 g/mol. The predicted molar refractivity (Wildman–Crippen MR) is 70.8 cm³/mol. The number of ether oxygens (including phenoxy) is 1. The first-order valence-corrected chi connectivity index (χ1v) is 6.87. The van der Waals surface area contributed by atoms with E-state index in [1.165, 1.54) is 5.56 Å². The van der Waals surface area contributed by atoms with Crippen LogP contribution in [-0.2, 0) is 6.42 Å². The molecule has 2 heterocycles. The number of piperidine rings is 1. The van der Waals surface area contributed by atoms with E-state index in [4.69, 9.17) is 4.74 Å². The summed E-state index contributed by atoms with van der Waals surface area (Å²) in [5.74, 6) is 1.47. The highest BCUT2D eigenvalue weighted by molar-refractivity contribution is 5.37. The van der Waals surface area contributed by atoms with Crippen LogP contribution in [0.4, 0.5) is 0 Å². The summed E-state index contributed by atoms with van der Waals surface area (Å²) in [5, 5.41) is 9.91. The summed E-state index contributed by atoms with van der Waals surface area (Å²) >= 11 is 0.